The quantitative estimate of drug-likeness (QED) is 0.590. The highest BCUT2D eigenvalue weighted by molar-refractivity contribution is 7.19. The van der Waals surface area contributed by atoms with Crippen LogP contribution in [0.5, 0.6) is 0 Å². The van der Waals surface area contributed by atoms with Gasteiger partial charge in [-0.1, -0.05) is 0 Å². The summed E-state index contributed by atoms with van der Waals surface area (Å²) < 4.78 is 20.4. The number of carbonyl (C=O) groups excluding carboxylic acids is 1. The number of hydrogen-bond donors (Lipinski definition) is 1. The lowest BCUT2D eigenvalue weighted by Crippen LogP contribution is -2.50. The fourth-order valence-corrected chi connectivity index (χ4v) is 6.30. The lowest BCUT2D eigenvalue weighted by molar-refractivity contribution is -0.147. The molecule has 0 spiro atoms. The van der Waals surface area contributed by atoms with Crippen LogP contribution in [0.2, 0.25) is 0 Å². The molecule has 0 bridgehead atoms. The second-order valence-electron chi connectivity index (χ2n) is 9.39. The number of rotatable bonds is 3. The van der Waals surface area contributed by atoms with Gasteiger partial charge in [0, 0.05) is 23.9 Å². The number of morpholine rings is 1. The van der Waals surface area contributed by atoms with E-state index in [1.54, 1.807) is 17.4 Å². The molecule has 1 aliphatic heterocycles. The van der Waals surface area contributed by atoms with Gasteiger partial charge in [-0.15, -0.1) is 11.3 Å². The van der Waals surface area contributed by atoms with Crippen LogP contribution >= 0.6 is 11.3 Å². The second-order valence-corrected chi connectivity index (χ2v) is 10.5. The minimum Gasteiger partial charge on any atom is -0.372 e. The van der Waals surface area contributed by atoms with Crippen LogP contribution in [-0.4, -0.2) is 46.1 Å². The predicted molar refractivity (Wildman–Crippen MR) is 129 cm³/mol. The van der Waals surface area contributed by atoms with Gasteiger partial charge >= 0.3 is 0 Å². The number of amides is 1. The predicted octanol–water partition coefficient (Wildman–Crippen LogP) is 4.93. The maximum Gasteiger partial charge on any atom is 0.226 e. The van der Waals surface area contributed by atoms with Gasteiger partial charge in [0.1, 0.15) is 22.8 Å². The van der Waals surface area contributed by atoms with Gasteiger partial charge in [0.25, 0.3) is 0 Å². The minimum atomic E-state index is -0.298. The number of benzene rings is 1. The summed E-state index contributed by atoms with van der Waals surface area (Å²) in [7, 11) is 0. The highest BCUT2D eigenvalue weighted by Gasteiger charge is 2.34. The van der Waals surface area contributed by atoms with E-state index in [1.807, 2.05) is 38.7 Å². The third kappa shape index (κ3) is 4.22. The maximum atomic E-state index is 14.6. The molecule has 2 aromatic heterocycles. The van der Waals surface area contributed by atoms with Gasteiger partial charge in [-0.3, -0.25) is 4.79 Å². The highest BCUT2D eigenvalue weighted by Crippen LogP contribution is 2.41. The monoisotopic (exact) mass is 468 g/mol. The number of aryl methyl sites for hydroxylation is 3. The Morgan fingerprint density at radius 1 is 1.18 bits per heavy atom. The van der Waals surface area contributed by atoms with Gasteiger partial charge in [-0.05, 0) is 75.8 Å². The Kier molecular flexibility index (Phi) is 5.82. The summed E-state index contributed by atoms with van der Waals surface area (Å²) in [6, 6.07) is 3.36. The molecule has 3 unspecified atom stereocenters. The molecule has 5 rings (SSSR count). The highest BCUT2D eigenvalue weighted by atomic mass is 32.1. The Hall–Kier alpha value is -2.58. The van der Waals surface area contributed by atoms with Crippen LogP contribution in [0.15, 0.2) is 18.5 Å². The average molecular weight is 469 g/mol. The van der Waals surface area contributed by atoms with Crippen molar-refractivity contribution in [2.45, 2.75) is 59.2 Å². The van der Waals surface area contributed by atoms with E-state index in [4.69, 9.17) is 4.74 Å². The third-order valence-corrected chi connectivity index (χ3v) is 7.92. The molecule has 174 valence electrons. The van der Waals surface area contributed by atoms with Crippen molar-refractivity contribution in [1.29, 1.82) is 0 Å². The topological polar surface area (TPSA) is 67.4 Å². The van der Waals surface area contributed by atoms with Crippen molar-refractivity contribution in [1.82, 2.24) is 14.9 Å². The molecule has 3 atom stereocenters. The van der Waals surface area contributed by atoms with Crippen molar-refractivity contribution in [3.8, 4) is 0 Å². The summed E-state index contributed by atoms with van der Waals surface area (Å²) in [5.41, 5.74) is 3.54. The molecular formula is C25H29FN4O2S. The van der Waals surface area contributed by atoms with Gasteiger partial charge in [0.05, 0.1) is 23.3 Å². The fraction of sp³-hybridized carbons (Fsp3) is 0.480. The normalized spacial score (nSPS) is 22.9. The summed E-state index contributed by atoms with van der Waals surface area (Å²) >= 11 is 1.62. The summed E-state index contributed by atoms with van der Waals surface area (Å²) in [5.74, 6) is 0.528. The molecule has 6 nitrogen and oxygen atoms in total. The number of thiophene rings is 1. The molecule has 33 heavy (non-hydrogen) atoms. The van der Waals surface area contributed by atoms with Crippen molar-refractivity contribution in [3.05, 3.63) is 45.8 Å². The summed E-state index contributed by atoms with van der Waals surface area (Å²) in [6.07, 6.45) is 3.95. The molecule has 0 radical (unpaired) electrons. The van der Waals surface area contributed by atoms with E-state index in [0.29, 0.717) is 31.0 Å². The van der Waals surface area contributed by atoms with E-state index < -0.39 is 0 Å². The van der Waals surface area contributed by atoms with E-state index >= 15 is 0 Å². The molecule has 8 heteroatoms. The van der Waals surface area contributed by atoms with E-state index in [0.717, 1.165) is 34.2 Å². The Balaban J connectivity index is 1.42. The Morgan fingerprint density at radius 2 is 1.91 bits per heavy atom. The van der Waals surface area contributed by atoms with Crippen molar-refractivity contribution >= 4 is 39.0 Å². The number of carbonyl (C=O) groups is 1. The van der Waals surface area contributed by atoms with Crippen molar-refractivity contribution < 1.29 is 13.9 Å². The number of aromatic nitrogens is 2. The van der Waals surface area contributed by atoms with Crippen molar-refractivity contribution in [3.63, 3.8) is 0 Å². The summed E-state index contributed by atoms with van der Waals surface area (Å²) in [5, 5.41) is 4.16. The van der Waals surface area contributed by atoms with Crippen LogP contribution in [0, 0.1) is 25.6 Å². The molecule has 0 saturated carbocycles. The molecule has 1 N–H and O–H groups in total. The molecule has 1 aromatic carbocycles. The van der Waals surface area contributed by atoms with Gasteiger partial charge in [-0.25, -0.2) is 14.4 Å². The average Bonchev–Trinajstić information content (AvgIpc) is 3.15. The first-order chi connectivity index (χ1) is 15.8. The van der Waals surface area contributed by atoms with Crippen molar-refractivity contribution in [2.75, 3.05) is 18.4 Å². The second kappa shape index (κ2) is 8.65. The van der Waals surface area contributed by atoms with Crippen molar-refractivity contribution in [2.24, 2.45) is 5.92 Å². The lowest BCUT2D eigenvalue weighted by Gasteiger charge is -2.37. The largest absolute Gasteiger partial charge is 0.372 e. The molecule has 1 fully saturated rings. The Labute approximate surface area is 197 Å². The standard InChI is InChI=1S/C25H29FN4O2S/c1-13-7-19(26)20(8-14(13)2)29-23-22-18-6-5-17(9-21(18)33-24(22)28-12-27-23)25(31)30-10-15(3)32-16(4)11-30/h7-8,12,15-17H,5-6,9-11H2,1-4H3,(H,27,28,29). The van der Waals surface area contributed by atoms with E-state index in [9.17, 15) is 9.18 Å². The van der Waals surface area contributed by atoms with E-state index in [2.05, 4.69) is 15.3 Å². The van der Waals surface area contributed by atoms with Gasteiger partial charge in [0.15, 0.2) is 0 Å². The first-order valence-electron chi connectivity index (χ1n) is 11.5. The van der Waals surface area contributed by atoms with Gasteiger partial charge in [-0.2, -0.15) is 0 Å². The number of anilines is 2. The van der Waals surface area contributed by atoms with Gasteiger partial charge in [0.2, 0.25) is 5.91 Å². The van der Waals surface area contributed by atoms with E-state index in [1.165, 1.54) is 16.8 Å². The van der Waals surface area contributed by atoms with Crippen LogP contribution in [-0.2, 0) is 22.4 Å². The SMILES string of the molecule is Cc1cc(F)c(Nc2ncnc3sc4c(c23)CCC(C(=O)N2CC(C)OC(C)C2)C4)cc1C. The number of halogens is 1. The van der Waals surface area contributed by atoms with Crippen LogP contribution < -0.4 is 5.32 Å². The molecule has 3 aromatic rings. The zero-order chi connectivity index (χ0) is 23.3. The van der Waals surface area contributed by atoms with Crippen LogP contribution in [0.3, 0.4) is 0 Å². The Morgan fingerprint density at radius 3 is 2.67 bits per heavy atom. The zero-order valence-corrected chi connectivity index (χ0v) is 20.3. The van der Waals surface area contributed by atoms with Crippen LogP contribution in [0.25, 0.3) is 10.2 Å². The van der Waals surface area contributed by atoms with E-state index in [-0.39, 0.29) is 29.9 Å². The zero-order valence-electron chi connectivity index (χ0n) is 19.4. The molecular weight excluding hydrogens is 439 g/mol. The first kappa shape index (κ1) is 22.2. The molecule has 1 aliphatic carbocycles. The van der Waals surface area contributed by atoms with Crippen LogP contribution in [0.4, 0.5) is 15.9 Å². The summed E-state index contributed by atoms with van der Waals surface area (Å²) in [6.45, 7) is 9.21. The van der Waals surface area contributed by atoms with Gasteiger partial charge < -0.3 is 15.0 Å². The number of ether oxygens (including phenoxy) is 1. The molecule has 1 saturated heterocycles. The first-order valence-corrected chi connectivity index (χ1v) is 12.3. The number of nitrogens with zero attached hydrogens (tertiary/aromatic N) is 3. The maximum absolute atomic E-state index is 14.6. The van der Waals surface area contributed by atoms with Crippen LogP contribution in [0.1, 0.15) is 41.8 Å². The number of nitrogens with one attached hydrogen (secondary N) is 1. The minimum absolute atomic E-state index is 0.0235. The molecule has 3 heterocycles. The molecule has 2 aliphatic rings. The third-order valence-electron chi connectivity index (χ3n) is 6.76. The number of hydrogen-bond acceptors (Lipinski definition) is 6. The number of fused-ring (bicyclic) bond motifs is 3. The summed E-state index contributed by atoms with van der Waals surface area (Å²) in [4.78, 5) is 26.2. The molecule has 1 amide bonds. The fourth-order valence-electron chi connectivity index (χ4n) is 5.04. The smallest absolute Gasteiger partial charge is 0.226 e. The Bertz CT molecular complexity index is 1220. The lowest BCUT2D eigenvalue weighted by atomic mass is 9.86.